The smallest absolute Gasteiger partial charge is 0.238 e. The zero-order valence-corrected chi connectivity index (χ0v) is 22.6. The molecule has 8 N–H and O–H groups in total. The number of aliphatic hydroxyl groups excluding tert-OH is 5. The fourth-order valence-corrected chi connectivity index (χ4v) is 4.32. The predicted octanol–water partition coefficient (Wildman–Crippen LogP) is -0.838. The van der Waals surface area contributed by atoms with Crippen LogP contribution in [0.4, 0.5) is 0 Å². The molecule has 5 atom stereocenters. The quantitative estimate of drug-likeness (QED) is 0.0687. The van der Waals surface area contributed by atoms with Crippen LogP contribution in [0.15, 0.2) is 29.3 Å². The molecular formula is C26H38N6O8. The molecule has 1 aliphatic rings. The zero-order valence-electron chi connectivity index (χ0n) is 22.6. The molecule has 14 nitrogen and oxygen atoms in total. The van der Waals surface area contributed by atoms with E-state index in [0.717, 1.165) is 16.8 Å². The van der Waals surface area contributed by atoms with Crippen molar-refractivity contribution in [1.82, 2.24) is 15.1 Å². The molecule has 1 aliphatic heterocycles. The Kier molecular flexibility index (Phi) is 11.5. The molecule has 0 unspecified atom stereocenters. The van der Waals surface area contributed by atoms with Gasteiger partial charge in [-0.05, 0) is 30.0 Å². The standard InChI is InChI=1S/C26H38N6O8/c1-15(2)20-18(24(31-30-20)40-25-23(37)22(36)21(35)19(13-34)39-25)12-16-4-6-17(7-5-16)38-11-3-8-32(9-10-33)26(28)29-14-27/h4-7,15,19,21-23,25,33-37H,3,8-13H2,1-2H3,(H2,28,29)(H,30,31)/t19-,21-,22+,23-,25+/m1/s1. The number of aliphatic imine (C=N–C) groups is 1. The van der Waals surface area contributed by atoms with E-state index >= 15 is 0 Å². The fraction of sp³-hybridized carbons (Fsp3) is 0.577. The van der Waals surface area contributed by atoms with Crippen LogP contribution in [-0.4, -0.2) is 110 Å². The molecule has 1 fully saturated rings. The van der Waals surface area contributed by atoms with E-state index in [9.17, 15) is 25.5 Å². The number of aromatic amines is 1. The summed E-state index contributed by atoms with van der Waals surface area (Å²) in [7, 11) is 0. The third-order valence-corrected chi connectivity index (χ3v) is 6.52. The van der Waals surface area contributed by atoms with Crippen LogP contribution in [0.1, 0.15) is 43.0 Å². The summed E-state index contributed by atoms with van der Waals surface area (Å²) < 4.78 is 17.1. The Labute approximate surface area is 232 Å². The van der Waals surface area contributed by atoms with Crippen molar-refractivity contribution in [2.24, 2.45) is 10.7 Å². The van der Waals surface area contributed by atoms with Crippen molar-refractivity contribution in [2.75, 3.05) is 32.9 Å². The molecule has 0 spiro atoms. The van der Waals surface area contributed by atoms with Gasteiger partial charge in [0.05, 0.1) is 19.8 Å². The molecule has 0 saturated carbocycles. The van der Waals surface area contributed by atoms with Crippen LogP contribution in [0.2, 0.25) is 0 Å². The van der Waals surface area contributed by atoms with Gasteiger partial charge in [0.15, 0.2) is 0 Å². The van der Waals surface area contributed by atoms with Crippen molar-refractivity contribution >= 4 is 5.96 Å². The van der Waals surface area contributed by atoms with Crippen LogP contribution < -0.4 is 15.2 Å². The summed E-state index contributed by atoms with van der Waals surface area (Å²) in [5, 5.41) is 65.0. The minimum absolute atomic E-state index is 0.0517. The molecule has 3 rings (SSSR count). The number of hydrogen-bond acceptors (Lipinski definition) is 11. The summed E-state index contributed by atoms with van der Waals surface area (Å²) in [6, 6.07) is 7.47. The predicted molar refractivity (Wildman–Crippen MR) is 142 cm³/mol. The Morgan fingerprint density at radius 3 is 2.52 bits per heavy atom. The van der Waals surface area contributed by atoms with Gasteiger partial charge in [0, 0.05) is 30.8 Å². The second-order valence-corrected chi connectivity index (χ2v) is 9.69. The topological polar surface area (TPSA) is 223 Å². The lowest BCUT2D eigenvalue weighted by Gasteiger charge is -2.39. The highest BCUT2D eigenvalue weighted by Crippen LogP contribution is 2.31. The highest BCUT2D eigenvalue weighted by atomic mass is 16.7. The highest BCUT2D eigenvalue weighted by molar-refractivity contribution is 5.78. The van der Waals surface area contributed by atoms with Gasteiger partial charge in [0.1, 0.15) is 30.2 Å². The Morgan fingerprint density at radius 1 is 1.18 bits per heavy atom. The second-order valence-electron chi connectivity index (χ2n) is 9.69. The van der Waals surface area contributed by atoms with Crippen LogP contribution >= 0.6 is 0 Å². The largest absolute Gasteiger partial charge is 0.494 e. The van der Waals surface area contributed by atoms with E-state index in [1.165, 1.54) is 0 Å². The Bertz CT molecular complexity index is 1130. The highest BCUT2D eigenvalue weighted by Gasteiger charge is 2.45. The maximum Gasteiger partial charge on any atom is 0.238 e. The van der Waals surface area contributed by atoms with Crippen LogP contribution in [0.5, 0.6) is 11.6 Å². The van der Waals surface area contributed by atoms with Gasteiger partial charge in [-0.1, -0.05) is 26.0 Å². The van der Waals surface area contributed by atoms with Crippen LogP contribution in [0.25, 0.3) is 0 Å². The number of nitrogens with two attached hydrogens (primary N) is 1. The average Bonchev–Trinajstić information content (AvgIpc) is 3.33. The molecule has 0 amide bonds. The van der Waals surface area contributed by atoms with E-state index in [2.05, 4.69) is 15.2 Å². The van der Waals surface area contributed by atoms with Gasteiger partial charge in [-0.15, -0.1) is 10.1 Å². The van der Waals surface area contributed by atoms with Crippen molar-refractivity contribution in [2.45, 2.75) is 63.3 Å². The van der Waals surface area contributed by atoms with E-state index in [4.69, 9.17) is 25.2 Å². The number of nitrogens with zero attached hydrogens (tertiary/aromatic N) is 4. The van der Waals surface area contributed by atoms with Crippen molar-refractivity contribution in [3.05, 3.63) is 41.1 Å². The van der Waals surface area contributed by atoms with E-state index in [0.29, 0.717) is 31.7 Å². The van der Waals surface area contributed by atoms with E-state index in [-0.39, 0.29) is 30.9 Å². The molecule has 0 bridgehead atoms. The van der Waals surface area contributed by atoms with Gasteiger partial charge in [0.25, 0.3) is 0 Å². The van der Waals surface area contributed by atoms with E-state index < -0.39 is 37.3 Å². The van der Waals surface area contributed by atoms with Gasteiger partial charge < -0.3 is 50.4 Å². The number of hydrogen-bond donors (Lipinski definition) is 7. The van der Waals surface area contributed by atoms with Crippen molar-refractivity contribution in [3.63, 3.8) is 0 Å². The summed E-state index contributed by atoms with van der Waals surface area (Å²) in [6.07, 6.45) is -4.37. The number of aromatic nitrogens is 2. The molecule has 1 aromatic carbocycles. The van der Waals surface area contributed by atoms with Gasteiger partial charge in [-0.3, -0.25) is 5.10 Å². The number of rotatable bonds is 13. The molecule has 2 aromatic rings. The van der Waals surface area contributed by atoms with Crippen molar-refractivity contribution in [1.29, 1.82) is 5.26 Å². The third-order valence-electron chi connectivity index (χ3n) is 6.52. The third kappa shape index (κ3) is 7.81. The summed E-state index contributed by atoms with van der Waals surface area (Å²) in [5.41, 5.74) is 8.24. The first-order valence-corrected chi connectivity index (χ1v) is 13.0. The minimum Gasteiger partial charge on any atom is -0.494 e. The van der Waals surface area contributed by atoms with Crippen LogP contribution in [-0.2, 0) is 11.2 Å². The Hall–Kier alpha value is -3.45. The van der Waals surface area contributed by atoms with Crippen molar-refractivity contribution < 1.29 is 39.7 Å². The average molecular weight is 563 g/mol. The molecule has 1 saturated heterocycles. The van der Waals surface area contributed by atoms with Gasteiger partial charge >= 0.3 is 0 Å². The number of guanidine groups is 1. The van der Waals surface area contributed by atoms with Crippen molar-refractivity contribution in [3.8, 4) is 17.8 Å². The second kappa shape index (κ2) is 14.8. The maximum absolute atomic E-state index is 10.4. The SMILES string of the molecule is CC(C)c1[nH]nc(O[C@@H]2O[C@H](CO)[C@@H](O)[C@H](O)[C@H]2O)c1Cc1ccc(OCCCN(CCO)C(N)=NC#N)cc1. The van der Waals surface area contributed by atoms with Crippen LogP contribution in [0, 0.1) is 11.5 Å². The molecule has 220 valence electrons. The summed E-state index contributed by atoms with van der Waals surface area (Å²) in [4.78, 5) is 5.11. The summed E-state index contributed by atoms with van der Waals surface area (Å²) in [5.74, 6) is 0.968. The molecule has 14 heteroatoms. The first-order valence-electron chi connectivity index (χ1n) is 13.0. The number of ether oxygens (including phenoxy) is 3. The molecule has 0 radical (unpaired) electrons. The lowest BCUT2D eigenvalue weighted by molar-refractivity contribution is -0.278. The summed E-state index contributed by atoms with van der Waals surface area (Å²) in [6.45, 7) is 4.42. The fourth-order valence-electron chi connectivity index (χ4n) is 4.32. The molecule has 0 aliphatic carbocycles. The lowest BCUT2D eigenvalue weighted by atomic mass is 9.98. The molecule has 1 aromatic heterocycles. The number of nitrogens with one attached hydrogen (secondary N) is 1. The zero-order chi connectivity index (χ0) is 29.2. The number of benzene rings is 1. The monoisotopic (exact) mass is 562 g/mol. The van der Waals surface area contributed by atoms with E-state index in [1.807, 2.05) is 38.1 Å². The van der Waals surface area contributed by atoms with Gasteiger partial charge in [-0.25, -0.2) is 0 Å². The normalized spacial score (nSPS) is 23.2. The summed E-state index contributed by atoms with van der Waals surface area (Å²) >= 11 is 0. The lowest BCUT2D eigenvalue weighted by Crippen LogP contribution is -2.60. The number of aliphatic hydroxyl groups is 5. The number of H-pyrrole nitrogens is 1. The van der Waals surface area contributed by atoms with Gasteiger partial charge in [0.2, 0.25) is 24.3 Å². The molecule has 40 heavy (non-hydrogen) atoms. The molecular weight excluding hydrogens is 524 g/mol. The van der Waals surface area contributed by atoms with Crippen LogP contribution in [0.3, 0.4) is 0 Å². The van der Waals surface area contributed by atoms with E-state index in [1.54, 1.807) is 11.1 Å². The Morgan fingerprint density at radius 2 is 1.90 bits per heavy atom. The first-order chi connectivity index (χ1) is 19.2. The maximum atomic E-state index is 10.4. The first kappa shape index (κ1) is 31.1. The van der Waals surface area contributed by atoms with Gasteiger partial charge in [-0.2, -0.15) is 5.26 Å². The molecule has 2 heterocycles. The Balaban J connectivity index is 1.63. The number of nitriles is 1. The minimum atomic E-state index is -1.56.